The van der Waals surface area contributed by atoms with Crippen molar-refractivity contribution in [1.29, 1.82) is 0 Å². The van der Waals surface area contributed by atoms with Gasteiger partial charge in [0.2, 0.25) is 0 Å². The van der Waals surface area contributed by atoms with Crippen molar-refractivity contribution in [2.24, 2.45) is 5.73 Å². The molecule has 1 aromatic rings. The molecule has 2 aliphatic rings. The van der Waals surface area contributed by atoms with Gasteiger partial charge in [0.1, 0.15) is 12.4 Å². The molecular weight excluding hydrogens is 330 g/mol. The quantitative estimate of drug-likeness (QED) is 0.875. The maximum atomic E-state index is 6.29. The van der Waals surface area contributed by atoms with Gasteiger partial charge in [-0.1, -0.05) is 34.8 Å². The van der Waals surface area contributed by atoms with Crippen LogP contribution in [0.15, 0.2) is 22.7 Å². The molecule has 4 heteroatoms. The summed E-state index contributed by atoms with van der Waals surface area (Å²) in [6.07, 6.45) is 7.61. The predicted molar refractivity (Wildman–Crippen MR) is 87.5 cm³/mol. The second-order valence-corrected chi connectivity index (χ2v) is 7.37. The van der Waals surface area contributed by atoms with Gasteiger partial charge in [-0.2, -0.15) is 0 Å². The number of hydrogen-bond donors (Lipinski definition) is 1. The van der Waals surface area contributed by atoms with Gasteiger partial charge in [0.05, 0.1) is 11.7 Å². The number of ether oxygens (including phenoxy) is 2. The lowest BCUT2D eigenvalue weighted by Crippen LogP contribution is -2.27. The second kappa shape index (κ2) is 6.27. The first-order valence-electron chi connectivity index (χ1n) is 7.94. The molecule has 0 aromatic heterocycles. The van der Waals surface area contributed by atoms with Crippen LogP contribution in [0.2, 0.25) is 0 Å². The molecule has 1 heterocycles. The van der Waals surface area contributed by atoms with Crippen molar-refractivity contribution >= 4 is 15.9 Å². The number of nitrogens with two attached hydrogens (primary N) is 1. The minimum Gasteiger partial charge on any atom is -0.490 e. The first-order valence-corrected chi connectivity index (χ1v) is 8.73. The Morgan fingerprint density at radius 2 is 2.14 bits per heavy atom. The van der Waals surface area contributed by atoms with Crippen molar-refractivity contribution in [2.45, 2.75) is 63.2 Å². The van der Waals surface area contributed by atoms with Gasteiger partial charge in [-0.3, -0.25) is 0 Å². The van der Waals surface area contributed by atoms with E-state index in [-0.39, 0.29) is 17.7 Å². The summed E-state index contributed by atoms with van der Waals surface area (Å²) < 4.78 is 13.3. The lowest BCUT2D eigenvalue weighted by atomic mass is 9.98. The van der Waals surface area contributed by atoms with Gasteiger partial charge in [-0.05, 0) is 44.7 Å². The minimum absolute atomic E-state index is 0.0289. The first kappa shape index (κ1) is 15.3. The highest BCUT2D eigenvalue weighted by molar-refractivity contribution is 9.10. The van der Waals surface area contributed by atoms with E-state index < -0.39 is 0 Å². The van der Waals surface area contributed by atoms with Crippen molar-refractivity contribution in [2.75, 3.05) is 6.61 Å². The van der Waals surface area contributed by atoms with Crippen LogP contribution in [0.25, 0.3) is 0 Å². The second-order valence-electron chi connectivity index (χ2n) is 6.45. The maximum absolute atomic E-state index is 6.29. The van der Waals surface area contributed by atoms with Gasteiger partial charge in [0, 0.05) is 16.1 Å². The first-order chi connectivity index (χ1) is 10.1. The molecule has 116 valence electrons. The molecule has 3 nitrogen and oxygen atoms in total. The van der Waals surface area contributed by atoms with Gasteiger partial charge >= 0.3 is 0 Å². The highest BCUT2D eigenvalue weighted by Gasteiger charge is 2.42. The Morgan fingerprint density at radius 1 is 1.38 bits per heavy atom. The largest absolute Gasteiger partial charge is 0.490 e. The van der Waals surface area contributed by atoms with Gasteiger partial charge < -0.3 is 15.2 Å². The fourth-order valence-corrected chi connectivity index (χ4v) is 3.93. The molecule has 1 aliphatic heterocycles. The summed E-state index contributed by atoms with van der Waals surface area (Å²) in [4.78, 5) is 0. The molecule has 1 aromatic carbocycles. The van der Waals surface area contributed by atoms with Crippen LogP contribution in [0.5, 0.6) is 5.75 Å². The van der Waals surface area contributed by atoms with Crippen molar-refractivity contribution < 1.29 is 9.47 Å². The van der Waals surface area contributed by atoms with E-state index in [2.05, 4.69) is 15.9 Å². The van der Waals surface area contributed by atoms with Gasteiger partial charge in [0.15, 0.2) is 0 Å². The topological polar surface area (TPSA) is 44.5 Å². The van der Waals surface area contributed by atoms with Gasteiger partial charge in [-0.15, -0.1) is 0 Å². The van der Waals surface area contributed by atoms with Crippen LogP contribution in [0.1, 0.15) is 57.1 Å². The zero-order chi connectivity index (χ0) is 14.9. The number of rotatable bonds is 4. The van der Waals surface area contributed by atoms with Crippen LogP contribution in [0, 0.1) is 0 Å². The average Bonchev–Trinajstić information content (AvgIpc) is 3.07. The SMILES string of the molecule is C[C@H](N)c1ccc(Br)cc1OCC1CCC2(CCCC2)O1. The van der Waals surface area contributed by atoms with Crippen molar-refractivity contribution in [1.82, 2.24) is 0 Å². The third-order valence-electron chi connectivity index (χ3n) is 4.74. The Balaban J connectivity index is 1.62. The molecule has 0 amide bonds. The number of hydrogen-bond acceptors (Lipinski definition) is 3. The van der Waals surface area contributed by atoms with E-state index >= 15 is 0 Å². The molecule has 0 radical (unpaired) electrons. The Labute approximate surface area is 135 Å². The fourth-order valence-electron chi connectivity index (χ4n) is 3.59. The molecule has 1 saturated carbocycles. The van der Waals surface area contributed by atoms with Crippen LogP contribution in [-0.2, 0) is 4.74 Å². The monoisotopic (exact) mass is 353 g/mol. The molecule has 1 aliphatic carbocycles. The Bertz CT molecular complexity index is 498. The van der Waals surface area contributed by atoms with Crippen molar-refractivity contribution in [3.8, 4) is 5.75 Å². The summed E-state index contributed by atoms with van der Waals surface area (Å²) in [6, 6.07) is 6.00. The summed E-state index contributed by atoms with van der Waals surface area (Å²) in [5.41, 5.74) is 7.24. The van der Waals surface area contributed by atoms with E-state index in [1.807, 2.05) is 25.1 Å². The molecule has 21 heavy (non-hydrogen) atoms. The zero-order valence-electron chi connectivity index (χ0n) is 12.6. The summed E-state index contributed by atoms with van der Waals surface area (Å²) in [5, 5.41) is 0. The minimum atomic E-state index is -0.0289. The van der Waals surface area contributed by atoms with Crippen LogP contribution < -0.4 is 10.5 Å². The zero-order valence-corrected chi connectivity index (χ0v) is 14.2. The number of halogens is 1. The number of benzene rings is 1. The van der Waals surface area contributed by atoms with Crippen LogP contribution in [0.3, 0.4) is 0 Å². The lowest BCUT2D eigenvalue weighted by molar-refractivity contribution is -0.0510. The van der Waals surface area contributed by atoms with E-state index in [0.29, 0.717) is 6.61 Å². The van der Waals surface area contributed by atoms with E-state index in [4.69, 9.17) is 15.2 Å². The molecule has 1 unspecified atom stereocenters. The molecular formula is C17H24BrNO2. The van der Waals surface area contributed by atoms with E-state index in [1.165, 1.54) is 32.1 Å². The highest BCUT2D eigenvalue weighted by atomic mass is 79.9. The van der Waals surface area contributed by atoms with Crippen LogP contribution >= 0.6 is 15.9 Å². The molecule has 2 fully saturated rings. The summed E-state index contributed by atoms with van der Waals surface area (Å²) in [5.74, 6) is 0.871. The Hall–Kier alpha value is -0.580. The van der Waals surface area contributed by atoms with E-state index in [9.17, 15) is 0 Å². The van der Waals surface area contributed by atoms with E-state index in [0.717, 1.165) is 22.2 Å². The summed E-state index contributed by atoms with van der Waals surface area (Å²) in [6.45, 7) is 2.60. The molecule has 1 spiro atoms. The molecule has 2 N–H and O–H groups in total. The van der Waals surface area contributed by atoms with E-state index in [1.54, 1.807) is 0 Å². The lowest BCUT2D eigenvalue weighted by Gasteiger charge is -2.24. The Kier molecular flexibility index (Phi) is 4.57. The Morgan fingerprint density at radius 3 is 2.86 bits per heavy atom. The molecule has 0 bridgehead atoms. The highest BCUT2D eigenvalue weighted by Crippen LogP contribution is 2.43. The third kappa shape index (κ3) is 3.43. The molecule has 1 saturated heterocycles. The average molecular weight is 354 g/mol. The standard InChI is InChI=1S/C17H24BrNO2/c1-12(19)15-5-4-13(18)10-16(15)20-11-14-6-9-17(21-14)7-2-3-8-17/h4-5,10,12,14H,2-3,6-9,11,19H2,1H3/t12-,14?/m0/s1. The predicted octanol–water partition coefficient (Wildman–Crippen LogP) is 4.34. The molecule has 3 rings (SSSR count). The van der Waals surface area contributed by atoms with Crippen molar-refractivity contribution in [3.05, 3.63) is 28.2 Å². The fraction of sp³-hybridized carbons (Fsp3) is 0.647. The maximum Gasteiger partial charge on any atom is 0.125 e. The van der Waals surface area contributed by atoms with Gasteiger partial charge in [-0.25, -0.2) is 0 Å². The van der Waals surface area contributed by atoms with Crippen LogP contribution in [0.4, 0.5) is 0 Å². The summed E-state index contributed by atoms with van der Waals surface area (Å²) in [7, 11) is 0. The smallest absolute Gasteiger partial charge is 0.125 e. The third-order valence-corrected chi connectivity index (χ3v) is 5.24. The molecule has 2 atom stereocenters. The van der Waals surface area contributed by atoms with Crippen molar-refractivity contribution in [3.63, 3.8) is 0 Å². The van der Waals surface area contributed by atoms with Gasteiger partial charge in [0.25, 0.3) is 0 Å². The normalized spacial score (nSPS) is 25.4. The van der Waals surface area contributed by atoms with Crippen LogP contribution in [-0.4, -0.2) is 18.3 Å². The summed E-state index contributed by atoms with van der Waals surface area (Å²) >= 11 is 3.50.